The van der Waals surface area contributed by atoms with E-state index in [4.69, 9.17) is 9.47 Å². The van der Waals surface area contributed by atoms with E-state index in [1.54, 1.807) is 12.1 Å². The van der Waals surface area contributed by atoms with Gasteiger partial charge in [0.05, 0.1) is 19.9 Å². The van der Waals surface area contributed by atoms with Crippen molar-refractivity contribution in [3.05, 3.63) is 54.4 Å². The molecule has 130 valence electrons. The van der Waals surface area contributed by atoms with Crippen molar-refractivity contribution in [2.75, 3.05) is 13.7 Å². The van der Waals surface area contributed by atoms with Crippen LogP contribution in [0.15, 0.2) is 42.9 Å². The number of esters is 1. The van der Waals surface area contributed by atoms with E-state index < -0.39 is 29.8 Å². The Labute approximate surface area is 143 Å². The van der Waals surface area contributed by atoms with E-state index >= 15 is 0 Å². The Hall–Kier alpha value is -3.03. The highest BCUT2D eigenvalue weighted by Crippen LogP contribution is 2.26. The monoisotopic (exact) mass is 345 g/mol. The molecule has 0 N–H and O–H groups in total. The third-order valence-corrected chi connectivity index (χ3v) is 3.91. The van der Waals surface area contributed by atoms with Crippen molar-refractivity contribution in [1.82, 2.24) is 14.9 Å². The molecule has 7 nitrogen and oxygen atoms in total. The number of hydrogen-bond donors (Lipinski definition) is 0. The molecule has 1 aliphatic rings. The molecule has 1 saturated heterocycles. The summed E-state index contributed by atoms with van der Waals surface area (Å²) in [5, 5.41) is 0. The lowest BCUT2D eigenvalue weighted by Gasteiger charge is -2.21. The largest absolute Gasteiger partial charge is 0.485 e. The minimum atomic E-state index is -0.823. The van der Waals surface area contributed by atoms with Gasteiger partial charge >= 0.3 is 5.97 Å². The predicted molar refractivity (Wildman–Crippen MR) is 84.3 cm³/mol. The third-order valence-electron chi connectivity index (χ3n) is 3.91. The highest BCUT2D eigenvalue weighted by atomic mass is 19.1. The number of benzene rings is 1. The lowest BCUT2D eigenvalue weighted by atomic mass is 10.2. The molecule has 1 aliphatic heterocycles. The smallest absolute Gasteiger partial charge is 0.328 e. The Morgan fingerprint density at radius 2 is 2.08 bits per heavy atom. The molecule has 2 unspecified atom stereocenters. The SMILES string of the molecule is COC(=O)C1CC(Oc2ccccc2F)CN1C(=O)c1cnccn1. The summed E-state index contributed by atoms with van der Waals surface area (Å²) in [4.78, 5) is 33.8. The van der Waals surface area contributed by atoms with Gasteiger partial charge in [-0.1, -0.05) is 12.1 Å². The highest BCUT2D eigenvalue weighted by Gasteiger charge is 2.42. The van der Waals surface area contributed by atoms with Gasteiger partial charge in [0.15, 0.2) is 11.6 Å². The summed E-state index contributed by atoms with van der Waals surface area (Å²) in [6, 6.07) is 5.16. The van der Waals surface area contributed by atoms with Gasteiger partial charge in [0.25, 0.3) is 5.91 Å². The zero-order valence-electron chi connectivity index (χ0n) is 13.5. The van der Waals surface area contributed by atoms with Crippen LogP contribution in [0.4, 0.5) is 4.39 Å². The summed E-state index contributed by atoms with van der Waals surface area (Å²) in [6.45, 7) is 0.115. The summed E-state index contributed by atoms with van der Waals surface area (Å²) in [6.07, 6.45) is 3.82. The number of carbonyl (C=O) groups excluding carboxylic acids is 2. The van der Waals surface area contributed by atoms with Crippen LogP contribution in [-0.4, -0.2) is 52.5 Å². The molecule has 1 fully saturated rings. The molecule has 0 saturated carbocycles. The Balaban J connectivity index is 1.80. The number of amides is 1. The van der Waals surface area contributed by atoms with Crippen LogP contribution in [0.5, 0.6) is 5.75 Å². The van der Waals surface area contributed by atoms with Crippen LogP contribution in [0, 0.1) is 5.82 Å². The second-order valence-electron chi connectivity index (χ2n) is 5.49. The number of methoxy groups -OCH3 is 1. The second kappa shape index (κ2) is 7.25. The number of aromatic nitrogens is 2. The number of hydrogen-bond acceptors (Lipinski definition) is 6. The fraction of sp³-hybridized carbons (Fsp3) is 0.294. The van der Waals surface area contributed by atoms with Crippen molar-refractivity contribution in [3.8, 4) is 5.75 Å². The highest BCUT2D eigenvalue weighted by molar-refractivity contribution is 5.95. The van der Waals surface area contributed by atoms with E-state index in [-0.39, 0.29) is 24.4 Å². The van der Waals surface area contributed by atoms with Gasteiger partial charge < -0.3 is 14.4 Å². The first-order chi connectivity index (χ1) is 12.1. The van der Waals surface area contributed by atoms with Crippen molar-refractivity contribution in [2.45, 2.75) is 18.6 Å². The number of rotatable bonds is 4. The molecule has 0 bridgehead atoms. The van der Waals surface area contributed by atoms with Crippen molar-refractivity contribution in [3.63, 3.8) is 0 Å². The molecular weight excluding hydrogens is 329 g/mol. The Bertz CT molecular complexity index is 771. The number of carbonyl (C=O) groups is 2. The summed E-state index contributed by atoms with van der Waals surface area (Å²) < 4.78 is 24.2. The molecule has 2 aromatic rings. The number of nitrogens with zero attached hydrogens (tertiary/aromatic N) is 3. The summed E-state index contributed by atoms with van der Waals surface area (Å²) in [7, 11) is 1.25. The van der Waals surface area contributed by atoms with E-state index in [1.807, 2.05) is 0 Å². The van der Waals surface area contributed by atoms with Crippen LogP contribution in [0.1, 0.15) is 16.9 Å². The number of ether oxygens (including phenoxy) is 2. The molecule has 3 rings (SSSR count). The van der Waals surface area contributed by atoms with E-state index in [9.17, 15) is 14.0 Å². The maximum atomic E-state index is 13.8. The normalized spacial score (nSPS) is 19.5. The maximum Gasteiger partial charge on any atom is 0.328 e. The van der Waals surface area contributed by atoms with Crippen molar-refractivity contribution < 1.29 is 23.5 Å². The minimum absolute atomic E-state index is 0.0740. The molecule has 25 heavy (non-hydrogen) atoms. The minimum Gasteiger partial charge on any atom is -0.485 e. The first-order valence-corrected chi connectivity index (χ1v) is 7.66. The van der Waals surface area contributed by atoms with Crippen molar-refractivity contribution in [2.24, 2.45) is 0 Å². The average molecular weight is 345 g/mol. The zero-order valence-corrected chi connectivity index (χ0v) is 13.5. The third kappa shape index (κ3) is 3.57. The van der Waals surface area contributed by atoms with Crippen LogP contribution in [0.25, 0.3) is 0 Å². The van der Waals surface area contributed by atoms with Crippen LogP contribution in [0.2, 0.25) is 0 Å². The second-order valence-corrected chi connectivity index (χ2v) is 5.49. The summed E-state index contributed by atoms with van der Waals surface area (Å²) in [5.74, 6) is -1.44. The van der Waals surface area contributed by atoms with Crippen molar-refractivity contribution >= 4 is 11.9 Å². The van der Waals surface area contributed by atoms with Gasteiger partial charge in [-0.3, -0.25) is 9.78 Å². The predicted octanol–water partition coefficient (Wildman–Crippen LogP) is 1.45. The number of para-hydroxylation sites is 1. The quantitative estimate of drug-likeness (QED) is 0.780. The lowest BCUT2D eigenvalue weighted by Crippen LogP contribution is -2.41. The van der Waals surface area contributed by atoms with Gasteiger partial charge in [-0.15, -0.1) is 0 Å². The Morgan fingerprint density at radius 1 is 1.28 bits per heavy atom. The molecule has 0 aliphatic carbocycles. The van der Waals surface area contributed by atoms with Gasteiger partial charge in [-0.2, -0.15) is 0 Å². The average Bonchev–Trinajstić information content (AvgIpc) is 3.07. The summed E-state index contributed by atoms with van der Waals surface area (Å²) >= 11 is 0. The van der Waals surface area contributed by atoms with Crippen LogP contribution in [-0.2, 0) is 9.53 Å². The molecule has 8 heteroatoms. The Kier molecular flexibility index (Phi) is 4.87. The molecule has 0 spiro atoms. The molecule has 1 aromatic heterocycles. The Morgan fingerprint density at radius 3 is 2.76 bits per heavy atom. The first kappa shape index (κ1) is 16.8. The fourth-order valence-electron chi connectivity index (χ4n) is 2.74. The molecule has 1 amide bonds. The first-order valence-electron chi connectivity index (χ1n) is 7.66. The van der Waals surface area contributed by atoms with E-state index in [0.717, 1.165) is 0 Å². The standard InChI is InChI=1S/C17H16FN3O4/c1-24-17(23)14-8-11(25-15-5-3-2-4-12(15)18)10-21(14)16(22)13-9-19-6-7-20-13/h2-7,9,11,14H,8,10H2,1H3. The molecule has 1 aromatic carbocycles. The van der Waals surface area contributed by atoms with E-state index in [0.29, 0.717) is 0 Å². The number of halogens is 1. The van der Waals surface area contributed by atoms with E-state index in [1.165, 1.54) is 42.7 Å². The van der Waals surface area contributed by atoms with Crippen LogP contribution in [0.3, 0.4) is 0 Å². The van der Waals surface area contributed by atoms with Gasteiger partial charge in [0, 0.05) is 18.8 Å². The molecule has 2 atom stereocenters. The molecular formula is C17H16FN3O4. The van der Waals surface area contributed by atoms with E-state index in [2.05, 4.69) is 9.97 Å². The molecule has 0 radical (unpaired) electrons. The number of likely N-dealkylation sites (tertiary alicyclic amines) is 1. The van der Waals surface area contributed by atoms with Crippen LogP contribution < -0.4 is 4.74 Å². The van der Waals surface area contributed by atoms with Gasteiger partial charge in [-0.25, -0.2) is 14.2 Å². The fourth-order valence-corrected chi connectivity index (χ4v) is 2.74. The maximum absolute atomic E-state index is 13.8. The molecule has 2 heterocycles. The van der Waals surface area contributed by atoms with Gasteiger partial charge in [0.2, 0.25) is 0 Å². The topological polar surface area (TPSA) is 81.6 Å². The lowest BCUT2D eigenvalue weighted by molar-refractivity contribution is -0.145. The van der Waals surface area contributed by atoms with Gasteiger partial charge in [0.1, 0.15) is 17.8 Å². The van der Waals surface area contributed by atoms with Crippen LogP contribution >= 0.6 is 0 Å². The zero-order chi connectivity index (χ0) is 17.8. The van der Waals surface area contributed by atoms with Crippen molar-refractivity contribution in [1.29, 1.82) is 0 Å². The summed E-state index contributed by atoms with van der Waals surface area (Å²) in [5.41, 5.74) is 0.114. The van der Waals surface area contributed by atoms with Gasteiger partial charge in [-0.05, 0) is 12.1 Å².